The van der Waals surface area contributed by atoms with Crippen LogP contribution in [0.5, 0.6) is 5.75 Å². The lowest BCUT2D eigenvalue weighted by Crippen LogP contribution is -1.99. The Kier molecular flexibility index (Phi) is 6.34. The van der Waals surface area contributed by atoms with Crippen molar-refractivity contribution in [1.29, 1.82) is 0 Å². The van der Waals surface area contributed by atoms with Gasteiger partial charge in [-0.05, 0) is 54.5 Å². The summed E-state index contributed by atoms with van der Waals surface area (Å²) in [6.45, 7) is 0.642. The Morgan fingerprint density at radius 1 is 1.09 bits per heavy atom. The van der Waals surface area contributed by atoms with Crippen molar-refractivity contribution < 1.29 is 13.9 Å². The molecule has 0 aliphatic rings. The molecular weight excluding hydrogens is 347 g/mol. The number of alkyl halides is 1. The van der Waals surface area contributed by atoms with Gasteiger partial charge in [0, 0.05) is 10.9 Å². The van der Waals surface area contributed by atoms with E-state index in [1.165, 1.54) is 18.2 Å². The van der Waals surface area contributed by atoms with E-state index in [4.69, 9.17) is 4.74 Å². The van der Waals surface area contributed by atoms with E-state index in [0.717, 1.165) is 23.1 Å². The fraction of sp³-hybridized carbons (Fsp3) is 0.167. The lowest BCUT2D eigenvalue weighted by Gasteiger charge is -2.05. The second-order valence-corrected chi connectivity index (χ2v) is 5.46. The number of hydrogen-bond donors (Lipinski definition) is 0. The third-order valence-electron chi connectivity index (χ3n) is 2.98. The molecule has 0 heterocycles. The van der Waals surface area contributed by atoms with Crippen LogP contribution < -0.4 is 4.74 Å². The van der Waals surface area contributed by atoms with Crippen molar-refractivity contribution in [3.05, 3.63) is 71.6 Å². The maximum Gasteiger partial charge on any atom is 0.185 e. The molecule has 0 amide bonds. The van der Waals surface area contributed by atoms with Gasteiger partial charge in [0.25, 0.3) is 0 Å². The van der Waals surface area contributed by atoms with Crippen molar-refractivity contribution in [2.24, 2.45) is 0 Å². The Hall–Kier alpha value is -1.94. The van der Waals surface area contributed by atoms with Crippen LogP contribution >= 0.6 is 15.9 Å². The molecule has 0 saturated carbocycles. The Morgan fingerprint density at radius 3 is 2.41 bits per heavy atom. The van der Waals surface area contributed by atoms with Crippen LogP contribution in [-0.4, -0.2) is 17.7 Å². The molecule has 22 heavy (non-hydrogen) atoms. The van der Waals surface area contributed by atoms with Gasteiger partial charge in [-0.25, -0.2) is 4.39 Å². The summed E-state index contributed by atoms with van der Waals surface area (Å²) in [5, 5.41) is 0.901. The number of benzene rings is 2. The van der Waals surface area contributed by atoms with E-state index in [1.54, 1.807) is 42.5 Å². The maximum atomic E-state index is 12.8. The number of ketones is 1. The molecule has 114 valence electrons. The van der Waals surface area contributed by atoms with Crippen molar-refractivity contribution in [3.8, 4) is 5.75 Å². The normalized spacial score (nSPS) is 10.8. The monoisotopic (exact) mass is 362 g/mol. The van der Waals surface area contributed by atoms with Gasteiger partial charge in [0.2, 0.25) is 0 Å². The summed E-state index contributed by atoms with van der Waals surface area (Å²) in [5.74, 6) is 0.357. The zero-order valence-corrected chi connectivity index (χ0v) is 13.6. The minimum absolute atomic E-state index is 0.101. The van der Waals surface area contributed by atoms with Gasteiger partial charge in [-0.3, -0.25) is 4.79 Å². The van der Waals surface area contributed by atoms with E-state index in [0.29, 0.717) is 12.2 Å². The highest BCUT2D eigenvalue weighted by atomic mass is 79.9. The van der Waals surface area contributed by atoms with E-state index >= 15 is 0 Å². The molecule has 0 aliphatic carbocycles. The van der Waals surface area contributed by atoms with Gasteiger partial charge in [0.1, 0.15) is 11.6 Å². The smallest absolute Gasteiger partial charge is 0.185 e. The third kappa shape index (κ3) is 5.11. The molecule has 0 N–H and O–H groups in total. The van der Waals surface area contributed by atoms with E-state index in [1.807, 2.05) is 0 Å². The predicted octanol–water partition coefficient (Wildman–Crippen LogP) is 4.89. The van der Waals surface area contributed by atoms with Crippen LogP contribution in [0.25, 0.3) is 6.08 Å². The molecule has 0 fully saturated rings. The van der Waals surface area contributed by atoms with Crippen molar-refractivity contribution >= 4 is 27.8 Å². The number of carbonyl (C=O) groups excluding carboxylic acids is 1. The van der Waals surface area contributed by atoms with E-state index < -0.39 is 0 Å². The Bertz CT molecular complexity index is 633. The summed E-state index contributed by atoms with van der Waals surface area (Å²) in [6.07, 6.45) is 4.08. The van der Waals surface area contributed by atoms with Gasteiger partial charge >= 0.3 is 0 Å². The predicted molar refractivity (Wildman–Crippen MR) is 90.1 cm³/mol. The van der Waals surface area contributed by atoms with Crippen LogP contribution in [0.2, 0.25) is 0 Å². The summed E-state index contributed by atoms with van der Waals surface area (Å²) in [4.78, 5) is 12.0. The van der Waals surface area contributed by atoms with Gasteiger partial charge in [-0.15, -0.1) is 0 Å². The zero-order chi connectivity index (χ0) is 15.8. The molecule has 0 aromatic heterocycles. The Balaban J connectivity index is 1.96. The largest absolute Gasteiger partial charge is 0.494 e. The second kappa shape index (κ2) is 8.49. The summed E-state index contributed by atoms with van der Waals surface area (Å²) in [5.41, 5.74) is 1.37. The molecule has 0 spiro atoms. The molecular formula is C18H16BrFO2. The van der Waals surface area contributed by atoms with Crippen molar-refractivity contribution in [2.75, 3.05) is 11.9 Å². The summed E-state index contributed by atoms with van der Waals surface area (Å²) < 4.78 is 18.3. The highest BCUT2D eigenvalue weighted by Crippen LogP contribution is 2.14. The second-order valence-electron chi connectivity index (χ2n) is 4.66. The van der Waals surface area contributed by atoms with Crippen molar-refractivity contribution in [3.63, 3.8) is 0 Å². The fourth-order valence-electron chi connectivity index (χ4n) is 1.80. The van der Waals surface area contributed by atoms with Crippen LogP contribution in [0, 0.1) is 5.82 Å². The number of hydrogen-bond acceptors (Lipinski definition) is 2. The molecule has 0 saturated heterocycles. The van der Waals surface area contributed by atoms with Gasteiger partial charge in [0.05, 0.1) is 6.61 Å². The lowest BCUT2D eigenvalue weighted by atomic mass is 10.1. The maximum absolute atomic E-state index is 12.8. The SMILES string of the molecule is O=C(C=Cc1ccc(F)cc1)c1ccc(OCCCBr)cc1. The zero-order valence-electron chi connectivity index (χ0n) is 12.0. The number of ether oxygens (including phenoxy) is 1. The molecule has 0 radical (unpaired) electrons. The first-order chi connectivity index (χ1) is 10.7. The summed E-state index contributed by atoms with van der Waals surface area (Å²) >= 11 is 3.34. The topological polar surface area (TPSA) is 26.3 Å². The highest BCUT2D eigenvalue weighted by Gasteiger charge is 2.02. The van der Waals surface area contributed by atoms with Crippen LogP contribution in [-0.2, 0) is 0 Å². The van der Waals surface area contributed by atoms with E-state index in [2.05, 4.69) is 15.9 Å². The van der Waals surface area contributed by atoms with Crippen LogP contribution in [0.3, 0.4) is 0 Å². The highest BCUT2D eigenvalue weighted by molar-refractivity contribution is 9.09. The molecule has 2 nitrogen and oxygen atoms in total. The lowest BCUT2D eigenvalue weighted by molar-refractivity contribution is 0.104. The van der Waals surface area contributed by atoms with E-state index in [9.17, 15) is 9.18 Å². The first kappa shape index (κ1) is 16.4. The van der Waals surface area contributed by atoms with Crippen molar-refractivity contribution in [1.82, 2.24) is 0 Å². The van der Waals surface area contributed by atoms with Gasteiger partial charge in [-0.2, -0.15) is 0 Å². The van der Waals surface area contributed by atoms with Gasteiger partial charge in [-0.1, -0.05) is 34.1 Å². The first-order valence-electron chi connectivity index (χ1n) is 6.96. The first-order valence-corrected chi connectivity index (χ1v) is 8.08. The van der Waals surface area contributed by atoms with Gasteiger partial charge in [0.15, 0.2) is 5.78 Å². The summed E-state index contributed by atoms with van der Waals surface area (Å²) in [7, 11) is 0. The molecule has 0 aliphatic heterocycles. The molecule has 2 rings (SSSR count). The molecule has 4 heteroatoms. The fourth-order valence-corrected chi connectivity index (χ4v) is 2.03. The number of halogens is 2. The number of carbonyl (C=O) groups is 1. The number of allylic oxidation sites excluding steroid dienone is 1. The standard InChI is InChI=1S/C18H16BrFO2/c19-12-1-13-22-17-9-5-15(6-10-17)18(21)11-4-14-2-7-16(20)8-3-14/h2-11H,1,12-13H2. The molecule has 2 aromatic rings. The average Bonchev–Trinajstić information content (AvgIpc) is 2.55. The number of rotatable bonds is 7. The molecule has 0 bridgehead atoms. The van der Waals surface area contributed by atoms with Crippen molar-refractivity contribution in [2.45, 2.75) is 6.42 Å². The third-order valence-corrected chi connectivity index (χ3v) is 3.54. The van der Waals surface area contributed by atoms with Crippen LogP contribution in [0.1, 0.15) is 22.3 Å². The van der Waals surface area contributed by atoms with Crippen LogP contribution in [0.15, 0.2) is 54.6 Å². The van der Waals surface area contributed by atoms with Gasteiger partial charge < -0.3 is 4.74 Å². The minimum atomic E-state index is -0.293. The Morgan fingerprint density at radius 2 is 1.77 bits per heavy atom. The Labute approximate surface area is 137 Å². The quantitative estimate of drug-likeness (QED) is 0.303. The average molecular weight is 363 g/mol. The molecule has 2 aromatic carbocycles. The molecule has 0 atom stereocenters. The summed E-state index contributed by atoms with van der Waals surface area (Å²) in [6, 6.07) is 13.0. The van der Waals surface area contributed by atoms with E-state index in [-0.39, 0.29) is 11.6 Å². The minimum Gasteiger partial charge on any atom is -0.494 e. The molecule has 0 unspecified atom stereocenters. The van der Waals surface area contributed by atoms with Crippen LogP contribution in [0.4, 0.5) is 4.39 Å².